The van der Waals surface area contributed by atoms with Gasteiger partial charge < -0.3 is 18.9 Å². The van der Waals surface area contributed by atoms with E-state index >= 15 is 0 Å². The summed E-state index contributed by atoms with van der Waals surface area (Å²) in [6.07, 6.45) is 61.8. The molecule has 0 aliphatic heterocycles. The van der Waals surface area contributed by atoms with Crippen molar-refractivity contribution in [1.29, 1.82) is 0 Å². The van der Waals surface area contributed by atoms with Gasteiger partial charge in [0.25, 0.3) is 0 Å². The Morgan fingerprint density at radius 1 is 0.380 bits per heavy atom. The lowest BCUT2D eigenvalue weighted by molar-refractivity contribution is -0.870. The average molecular weight is 1030 g/mol. The van der Waals surface area contributed by atoms with E-state index in [1.807, 2.05) is 21.1 Å². The number of phosphoric ester groups is 1. The molecule has 0 aromatic heterocycles. The molecule has 0 saturated carbocycles. The zero-order chi connectivity index (χ0) is 52.0. The SMILES string of the molecule is CCCCCCCCCCCCCCCCCCCCCCCCCCC(=O)OC(COC(=O)CCCCCCCCCCCCCCCCCCCCCCCCC)COP(=O)(O)OCC[N+](C)(C)C. The van der Waals surface area contributed by atoms with E-state index in [2.05, 4.69) is 13.8 Å². The van der Waals surface area contributed by atoms with Gasteiger partial charge in [-0.2, -0.15) is 0 Å². The molecule has 0 rings (SSSR count). The predicted molar refractivity (Wildman–Crippen MR) is 303 cm³/mol. The number of ether oxygens (including phenoxy) is 2. The number of nitrogens with zero attached hydrogens (tertiary/aromatic N) is 1. The third-order valence-corrected chi connectivity index (χ3v) is 15.4. The smallest absolute Gasteiger partial charge is 0.462 e. The summed E-state index contributed by atoms with van der Waals surface area (Å²) in [7, 11) is 1.50. The van der Waals surface area contributed by atoms with Gasteiger partial charge in [-0.15, -0.1) is 0 Å². The summed E-state index contributed by atoms with van der Waals surface area (Å²) in [5.41, 5.74) is 0. The zero-order valence-electron chi connectivity index (χ0n) is 48.3. The molecule has 0 heterocycles. The van der Waals surface area contributed by atoms with Gasteiger partial charge >= 0.3 is 19.8 Å². The maximum absolute atomic E-state index is 12.8. The van der Waals surface area contributed by atoms with Crippen molar-refractivity contribution in [1.82, 2.24) is 0 Å². The van der Waals surface area contributed by atoms with Crippen LogP contribution < -0.4 is 0 Å². The van der Waals surface area contributed by atoms with Crippen LogP contribution in [0.3, 0.4) is 0 Å². The van der Waals surface area contributed by atoms with Crippen LogP contribution in [0.4, 0.5) is 0 Å². The van der Waals surface area contributed by atoms with Gasteiger partial charge in [-0.25, -0.2) is 4.57 Å². The third-order valence-electron chi connectivity index (χ3n) is 14.4. The Morgan fingerprint density at radius 3 is 0.901 bits per heavy atom. The molecule has 10 heteroatoms. The number of carbonyl (C=O) groups is 2. The summed E-state index contributed by atoms with van der Waals surface area (Å²) in [6.45, 7) is 4.52. The molecule has 0 aromatic carbocycles. The Balaban J connectivity index is 4.06. The predicted octanol–water partition coefficient (Wildman–Crippen LogP) is 19.4. The Bertz CT molecular complexity index is 1160. The van der Waals surface area contributed by atoms with Gasteiger partial charge in [-0.1, -0.05) is 303 Å². The molecule has 9 nitrogen and oxygen atoms in total. The van der Waals surface area contributed by atoms with E-state index in [0.29, 0.717) is 17.4 Å². The minimum Gasteiger partial charge on any atom is -0.462 e. The van der Waals surface area contributed by atoms with E-state index in [0.717, 1.165) is 38.5 Å². The van der Waals surface area contributed by atoms with Gasteiger partial charge in [0.1, 0.15) is 19.8 Å². The number of quaternary nitrogens is 1. The monoisotopic (exact) mass is 1030 g/mol. The summed E-state index contributed by atoms with van der Waals surface area (Å²) >= 11 is 0. The highest BCUT2D eigenvalue weighted by atomic mass is 31.2. The fraction of sp³-hybridized carbons (Fsp3) is 0.967. The van der Waals surface area contributed by atoms with E-state index in [4.69, 9.17) is 18.5 Å². The number of likely N-dealkylation sites (N-methyl/N-ethyl adjacent to an activating group) is 1. The van der Waals surface area contributed by atoms with Crippen LogP contribution in [0.1, 0.15) is 328 Å². The average Bonchev–Trinajstić information content (AvgIpc) is 3.33. The molecule has 2 atom stereocenters. The minimum atomic E-state index is -4.38. The Morgan fingerprint density at radius 2 is 0.634 bits per heavy atom. The molecule has 0 radical (unpaired) electrons. The first kappa shape index (κ1) is 70.0. The Labute approximate surface area is 442 Å². The number of unbranched alkanes of at least 4 members (excludes halogenated alkanes) is 45. The Kier molecular flexibility index (Phi) is 53.1. The number of rotatable bonds is 59. The van der Waals surface area contributed by atoms with Crippen molar-refractivity contribution in [2.75, 3.05) is 47.5 Å². The van der Waals surface area contributed by atoms with Crippen molar-refractivity contribution in [2.45, 2.75) is 335 Å². The van der Waals surface area contributed by atoms with E-state index in [1.54, 1.807) is 0 Å². The molecule has 0 spiro atoms. The second kappa shape index (κ2) is 53.8. The van der Waals surface area contributed by atoms with Gasteiger partial charge in [0, 0.05) is 12.8 Å². The second-order valence-corrected chi connectivity index (χ2v) is 24.3. The summed E-state index contributed by atoms with van der Waals surface area (Å²) in [4.78, 5) is 35.7. The van der Waals surface area contributed by atoms with Crippen LogP contribution in [0.15, 0.2) is 0 Å². The largest absolute Gasteiger partial charge is 0.472 e. The molecule has 424 valence electrons. The molecule has 0 aliphatic carbocycles. The van der Waals surface area contributed by atoms with Crippen LogP contribution in [0.2, 0.25) is 0 Å². The highest BCUT2D eigenvalue weighted by Crippen LogP contribution is 2.43. The van der Waals surface area contributed by atoms with Crippen LogP contribution in [-0.2, 0) is 32.7 Å². The molecule has 71 heavy (non-hydrogen) atoms. The molecule has 2 unspecified atom stereocenters. The molecule has 0 aliphatic rings. The second-order valence-electron chi connectivity index (χ2n) is 22.8. The molecule has 0 amide bonds. The number of phosphoric acid groups is 1. The lowest BCUT2D eigenvalue weighted by atomic mass is 10.0. The lowest BCUT2D eigenvalue weighted by Crippen LogP contribution is -2.37. The van der Waals surface area contributed by atoms with Crippen molar-refractivity contribution >= 4 is 19.8 Å². The topological polar surface area (TPSA) is 108 Å². The molecule has 0 saturated heterocycles. The van der Waals surface area contributed by atoms with Gasteiger partial charge in [-0.3, -0.25) is 18.6 Å². The van der Waals surface area contributed by atoms with Crippen LogP contribution in [-0.4, -0.2) is 74.9 Å². The highest BCUT2D eigenvalue weighted by Gasteiger charge is 2.27. The van der Waals surface area contributed by atoms with Crippen molar-refractivity contribution in [3.63, 3.8) is 0 Å². The first-order valence-corrected chi connectivity index (χ1v) is 32.8. The quantitative estimate of drug-likeness (QED) is 0.0278. The lowest BCUT2D eigenvalue weighted by Gasteiger charge is -2.24. The van der Waals surface area contributed by atoms with Gasteiger partial charge in [0.05, 0.1) is 27.7 Å². The summed E-state index contributed by atoms with van der Waals surface area (Å²) in [5.74, 6) is -0.770. The van der Waals surface area contributed by atoms with E-state index in [1.165, 1.54) is 263 Å². The summed E-state index contributed by atoms with van der Waals surface area (Å²) in [5, 5.41) is 0. The highest BCUT2D eigenvalue weighted by molar-refractivity contribution is 7.47. The summed E-state index contributed by atoms with van der Waals surface area (Å²) < 4.78 is 34.7. The van der Waals surface area contributed by atoms with Crippen LogP contribution in [0.5, 0.6) is 0 Å². The van der Waals surface area contributed by atoms with Crippen LogP contribution >= 0.6 is 7.82 Å². The van der Waals surface area contributed by atoms with Crippen molar-refractivity contribution in [3.8, 4) is 0 Å². The van der Waals surface area contributed by atoms with Crippen molar-refractivity contribution in [2.24, 2.45) is 0 Å². The fourth-order valence-electron chi connectivity index (χ4n) is 9.55. The van der Waals surface area contributed by atoms with Crippen LogP contribution in [0.25, 0.3) is 0 Å². The van der Waals surface area contributed by atoms with Gasteiger partial charge in [-0.05, 0) is 12.8 Å². The number of hydrogen-bond donors (Lipinski definition) is 1. The minimum absolute atomic E-state index is 0.0375. The first-order chi connectivity index (χ1) is 34.5. The number of esters is 2. The Hall–Kier alpha value is -0.990. The third kappa shape index (κ3) is 58.1. The maximum atomic E-state index is 12.8. The molecule has 0 fully saturated rings. The number of hydrogen-bond acceptors (Lipinski definition) is 7. The van der Waals surface area contributed by atoms with Crippen LogP contribution in [0, 0.1) is 0 Å². The molecule has 1 N–H and O–H groups in total. The summed E-state index contributed by atoms with van der Waals surface area (Å²) in [6, 6.07) is 0. The molecule has 0 bridgehead atoms. The van der Waals surface area contributed by atoms with Crippen molar-refractivity contribution in [3.05, 3.63) is 0 Å². The standard InChI is InChI=1S/C61H122NO8P/c1-6-8-10-12-14-16-18-20-22-24-26-28-30-32-34-36-38-40-42-44-46-48-50-52-54-61(64)70-59(58-69-71(65,66)68-56-55-62(3,4)5)57-67-60(63)53-51-49-47-45-43-41-39-37-35-33-31-29-27-25-23-21-19-17-15-13-11-9-7-2/h59H,6-58H2,1-5H3/p+1. The molecule has 0 aromatic rings. The zero-order valence-corrected chi connectivity index (χ0v) is 49.1. The normalized spacial score (nSPS) is 13.2. The number of carbonyl (C=O) groups excluding carboxylic acids is 2. The van der Waals surface area contributed by atoms with Gasteiger partial charge in [0.15, 0.2) is 6.10 Å². The maximum Gasteiger partial charge on any atom is 0.472 e. The first-order valence-electron chi connectivity index (χ1n) is 31.3. The molecular weight excluding hydrogens is 906 g/mol. The van der Waals surface area contributed by atoms with Gasteiger partial charge in [0.2, 0.25) is 0 Å². The van der Waals surface area contributed by atoms with E-state index in [9.17, 15) is 19.0 Å². The van der Waals surface area contributed by atoms with Crippen molar-refractivity contribution < 1.29 is 42.1 Å². The fourth-order valence-corrected chi connectivity index (χ4v) is 10.3. The van der Waals surface area contributed by atoms with E-state index in [-0.39, 0.29) is 25.6 Å². The molecular formula is C61H123NO8P+. The van der Waals surface area contributed by atoms with E-state index < -0.39 is 26.5 Å².